The van der Waals surface area contributed by atoms with Crippen LogP contribution in [0.1, 0.15) is 24.1 Å². The van der Waals surface area contributed by atoms with Gasteiger partial charge in [0.25, 0.3) is 0 Å². The van der Waals surface area contributed by atoms with Crippen LogP contribution < -0.4 is 14.8 Å². The second kappa shape index (κ2) is 10.6. The maximum atomic E-state index is 12.5. The van der Waals surface area contributed by atoms with Gasteiger partial charge in [-0.3, -0.25) is 0 Å². The van der Waals surface area contributed by atoms with Crippen molar-refractivity contribution in [1.82, 2.24) is 15.1 Å². The van der Waals surface area contributed by atoms with E-state index in [1.54, 1.807) is 19.1 Å². The molecule has 0 aliphatic heterocycles. The molecule has 1 atom stereocenters. The number of carbonyl (C=O) groups excluding carboxylic acids is 1. The second-order valence-corrected chi connectivity index (χ2v) is 6.98. The minimum atomic E-state index is -0.135. The molecule has 2 aromatic carbocycles. The van der Waals surface area contributed by atoms with Crippen molar-refractivity contribution in [2.45, 2.75) is 19.5 Å². The molecule has 6 nitrogen and oxygen atoms in total. The van der Waals surface area contributed by atoms with Crippen LogP contribution in [-0.2, 0) is 6.54 Å². The zero-order valence-electron chi connectivity index (χ0n) is 17.4. The third kappa shape index (κ3) is 6.16. The van der Waals surface area contributed by atoms with Gasteiger partial charge in [0.15, 0.2) is 0 Å². The minimum Gasteiger partial charge on any atom is -0.496 e. The van der Waals surface area contributed by atoms with Crippen molar-refractivity contribution in [2.24, 2.45) is 0 Å². The van der Waals surface area contributed by atoms with Crippen molar-refractivity contribution in [3.63, 3.8) is 0 Å². The lowest BCUT2D eigenvalue weighted by atomic mass is 10.1. The molecule has 2 rings (SSSR count). The van der Waals surface area contributed by atoms with E-state index in [0.29, 0.717) is 13.2 Å². The van der Waals surface area contributed by atoms with Gasteiger partial charge in [0.2, 0.25) is 0 Å². The van der Waals surface area contributed by atoms with Gasteiger partial charge in [-0.1, -0.05) is 30.3 Å². The number of carbonyl (C=O) groups is 1. The lowest BCUT2D eigenvalue weighted by Gasteiger charge is -2.26. The van der Waals surface area contributed by atoms with E-state index in [2.05, 4.69) is 10.2 Å². The number of nitrogens with zero attached hydrogens (tertiary/aromatic N) is 2. The molecule has 0 aliphatic carbocycles. The van der Waals surface area contributed by atoms with E-state index in [9.17, 15) is 4.79 Å². The Hall–Kier alpha value is -2.73. The van der Waals surface area contributed by atoms with Gasteiger partial charge in [-0.05, 0) is 44.8 Å². The highest BCUT2D eigenvalue weighted by atomic mass is 16.5. The highest BCUT2D eigenvalue weighted by Gasteiger charge is 2.19. The van der Waals surface area contributed by atoms with Gasteiger partial charge in [-0.25, -0.2) is 4.79 Å². The average molecular weight is 386 g/mol. The van der Waals surface area contributed by atoms with Crippen molar-refractivity contribution in [3.05, 3.63) is 59.7 Å². The van der Waals surface area contributed by atoms with Gasteiger partial charge < -0.3 is 24.6 Å². The second-order valence-electron chi connectivity index (χ2n) is 6.98. The Morgan fingerprint density at radius 3 is 2.39 bits per heavy atom. The maximum absolute atomic E-state index is 12.5. The van der Waals surface area contributed by atoms with Crippen LogP contribution in [0.2, 0.25) is 0 Å². The summed E-state index contributed by atoms with van der Waals surface area (Å²) in [6, 6.07) is 15.3. The van der Waals surface area contributed by atoms with Crippen LogP contribution in [0.25, 0.3) is 0 Å². The zero-order chi connectivity index (χ0) is 20.5. The zero-order valence-corrected chi connectivity index (χ0v) is 17.4. The molecule has 0 fully saturated rings. The third-order valence-corrected chi connectivity index (χ3v) is 4.66. The Kier molecular flexibility index (Phi) is 8.14. The molecule has 2 aromatic rings. The molecule has 0 heterocycles. The van der Waals surface area contributed by atoms with Crippen LogP contribution in [-0.4, -0.2) is 57.2 Å². The molecule has 0 spiro atoms. The van der Waals surface area contributed by atoms with Gasteiger partial charge in [-0.15, -0.1) is 0 Å². The standard InChI is InChI=1S/C22H31N3O3/c1-17(20-8-6-7-9-21(20)27-5)25(4)22(26)23-16-18-10-12-19(13-11-18)28-15-14-24(2)3/h6-13,17H,14-16H2,1-5H3,(H,23,26). The SMILES string of the molecule is COc1ccccc1C(C)N(C)C(=O)NCc1ccc(OCCN(C)C)cc1. The molecular weight excluding hydrogens is 354 g/mol. The molecule has 0 saturated heterocycles. The summed E-state index contributed by atoms with van der Waals surface area (Å²) in [7, 11) is 7.45. The van der Waals surface area contributed by atoms with E-state index in [-0.39, 0.29) is 12.1 Å². The molecule has 0 radical (unpaired) electrons. The number of likely N-dealkylation sites (N-methyl/N-ethyl adjacent to an activating group) is 1. The molecule has 0 bridgehead atoms. The lowest BCUT2D eigenvalue weighted by Crippen LogP contribution is -2.38. The Morgan fingerprint density at radius 1 is 1.07 bits per heavy atom. The number of rotatable bonds is 9. The number of urea groups is 1. The first-order valence-electron chi connectivity index (χ1n) is 9.42. The number of nitrogens with one attached hydrogen (secondary N) is 1. The molecule has 1 unspecified atom stereocenters. The van der Waals surface area contributed by atoms with Crippen LogP contribution in [0.3, 0.4) is 0 Å². The molecule has 152 valence electrons. The van der Waals surface area contributed by atoms with E-state index < -0.39 is 0 Å². The number of ether oxygens (including phenoxy) is 2. The molecule has 28 heavy (non-hydrogen) atoms. The van der Waals surface area contributed by atoms with Crippen molar-refractivity contribution in [1.29, 1.82) is 0 Å². The summed E-state index contributed by atoms with van der Waals surface area (Å²) in [5, 5.41) is 2.96. The molecule has 1 N–H and O–H groups in total. The van der Waals surface area contributed by atoms with Crippen LogP contribution >= 0.6 is 0 Å². The van der Waals surface area contributed by atoms with Gasteiger partial charge in [0.05, 0.1) is 13.2 Å². The Balaban J connectivity index is 1.87. The third-order valence-electron chi connectivity index (χ3n) is 4.66. The summed E-state index contributed by atoms with van der Waals surface area (Å²) in [4.78, 5) is 16.3. The minimum absolute atomic E-state index is 0.108. The first-order chi connectivity index (χ1) is 13.4. The van der Waals surface area contributed by atoms with Crippen LogP contribution in [0.5, 0.6) is 11.5 Å². The monoisotopic (exact) mass is 385 g/mol. The topological polar surface area (TPSA) is 54.0 Å². The summed E-state index contributed by atoms with van der Waals surface area (Å²) < 4.78 is 11.1. The van der Waals surface area contributed by atoms with E-state index in [0.717, 1.165) is 29.2 Å². The van der Waals surface area contributed by atoms with E-state index >= 15 is 0 Å². The molecular formula is C22H31N3O3. The maximum Gasteiger partial charge on any atom is 0.317 e. The first-order valence-corrected chi connectivity index (χ1v) is 9.42. The van der Waals surface area contributed by atoms with Gasteiger partial charge in [0, 0.05) is 25.7 Å². The molecule has 0 aliphatic rings. The first kappa shape index (κ1) is 21.6. The average Bonchev–Trinajstić information content (AvgIpc) is 2.71. The van der Waals surface area contributed by atoms with Crippen LogP contribution in [0, 0.1) is 0 Å². The molecule has 0 saturated carbocycles. The van der Waals surface area contributed by atoms with E-state index in [1.807, 2.05) is 69.6 Å². The highest BCUT2D eigenvalue weighted by Crippen LogP contribution is 2.28. The van der Waals surface area contributed by atoms with Crippen molar-refractivity contribution in [3.8, 4) is 11.5 Å². The Labute approximate surface area is 168 Å². The van der Waals surface area contributed by atoms with Crippen LogP contribution in [0.4, 0.5) is 4.79 Å². The number of para-hydroxylation sites is 1. The fourth-order valence-corrected chi connectivity index (χ4v) is 2.75. The predicted octanol–water partition coefficient (Wildman–Crippen LogP) is 3.54. The van der Waals surface area contributed by atoms with Gasteiger partial charge in [-0.2, -0.15) is 0 Å². The number of hydrogen-bond acceptors (Lipinski definition) is 4. The quantitative estimate of drug-likeness (QED) is 0.717. The number of amides is 2. The number of benzene rings is 2. The van der Waals surface area contributed by atoms with Crippen LogP contribution in [0.15, 0.2) is 48.5 Å². The smallest absolute Gasteiger partial charge is 0.317 e. The van der Waals surface area contributed by atoms with E-state index in [1.165, 1.54) is 0 Å². The summed E-state index contributed by atoms with van der Waals surface area (Å²) in [5.41, 5.74) is 1.99. The van der Waals surface area contributed by atoms with Crippen molar-refractivity contribution in [2.75, 3.05) is 41.4 Å². The Bertz CT molecular complexity index is 747. The lowest BCUT2D eigenvalue weighted by molar-refractivity contribution is 0.193. The largest absolute Gasteiger partial charge is 0.496 e. The van der Waals surface area contributed by atoms with Gasteiger partial charge >= 0.3 is 6.03 Å². The summed E-state index contributed by atoms with van der Waals surface area (Å²) in [6.45, 7) is 3.96. The fraction of sp³-hybridized carbons (Fsp3) is 0.409. The molecule has 2 amide bonds. The normalized spacial score (nSPS) is 11.8. The van der Waals surface area contributed by atoms with Crippen molar-refractivity contribution >= 4 is 6.03 Å². The predicted molar refractivity (Wildman–Crippen MR) is 112 cm³/mol. The summed E-state index contributed by atoms with van der Waals surface area (Å²) >= 11 is 0. The summed E-state index contributed by atoms with van der Waals surface area (Å²) in [6.07, 6.45) is 0. The van der Waals surface area contributed by atoms with E-state index in [4.69, 9.17) is 9.47 Å². The Morgan fingerprint density at radius 2 is 1.75 bits per heavy atom. The van der Waals surface area contributed by atoms with Gasteiger partial charge in [0.1, 0.15) is 18.1 Å². The number of methoxy groups -OCH3 is 1. The molecule has 6 heteroatoms. The van der Waals surface area contributed by atoms with Crippen molar-refractivity contribution < 1.29 is 14.3 Å². The number of hydrogen-bond donors (Lipinski definition) is 1. The highest BCUT2D eigenvalue weighted by molar-refractivity contribution is 5.74. The summed E-state index contributed by atoms with van der Waals surface area (Å²) in [5.74, 6) is 1.61. The fourth-order valence-electron chi connectivity index (χ4n) is 2.75. The molecule has 0 aromatic heterocycles.